The number of benzene rings is 1. The van der Waals surface area contributed by atoms with Crippen LogP contribution in [-0.4, -0.2) is 40.0 Å². The molecule has 0 aliphatic carbocycles. The smallest absolute Gasteiger partial charge is 0.311 e. The summed E-state index contributed by atoms with van der Waals surface area (Å²) in [4.78, 5) is 53.6. The number of amides is 1. The van der Waals surface area contributed by atoms with Gasteiger partial charge in [-0.25, -0.2) is 4.98 Å². The summed E-state index contributed by atoms with van der Waals surface area (Å²) in [6.45, 7) is 3.10. The second kappa shape index (κ2) is 9.13. The van der Waals surface area contributed by atoms with Gasteiger partial charge in [-0.15, -0.1) is 0 Å². The van der Waals surface area contributed by atoms with Crippen LogP contribution in [0.3, 0.4) is 0 Å². The molecule has 0 saturated heterocycles. The van der Waals surface area contributed by atoms with Crippen molar-refractivity contribution < 1.29 is 19.1 Å². The molecule has 0 radical (unpaired) electrons. The summed E-state index contributed by atoms with van der Waals surface area (Å²) in [5.74, 6) is -0.931. The lowest BCUT2D eigenvalue weighted by Gasteiger charge is -2.12. The largest absolute Gasteiger partial charge is 0.469 e. The zero-order valence-electron chi connectivity index (χ0n) is 15.1. The number of aromatic nitrogens is 2. The SMILES string of the molecule is COC(=O)Cc1cc(=O)[nH]c(S[C@H](C)C(=O)Nc2cccc(C(C)=O)c2)n1. The van der Waals surface area contributed by atoms with Crippen LogP contribution in [0, 0.1) is 0 Å². The number of hydrogen-bond acceptors (Lipinski definition) is 7. The predicted molar refractivity (Wildman–Crippen MR) is 101 cm³/mol. The molecule has 1 atom stereocenters. The van der Waals surface area contributed by atoms with E-state index in [9.17, 15) is 19.2 Å². The predicted octanol–water partition coefficient (Wildman–Crippen LogP) is 1.81. The van der Waals surface area contributed by atoms with Crippen LogP contribution in [0.15, 0.2) is 40.3 Å². The lowest BCUT2D eigenvalue weighted by Crippen LogP contribution is -2.23. The third kappa shape index (κ3) is 6.07. The van der Waals surface area contributed by atoms with Crippen molar-refractivity contribution in [3.63, 3.8) is 0 Å². The number of carbonyl (C=O) groups is 3. The highest BCUT2D eigenvalue weighted by Gasteiger charge is 2.17. The van der Waals surface area contributed by atoms with Crippen molar-refractivity contribution in [2.24, 2.45) is 0 Å². The van der Waals surface area contributed by atoms with E-state index < -0.39 is 16.8 Å². The third-order valence-electron chi connectivity index (χ3n) is 3.52. The fraction of sp³-hybridized carbons (Fsp3) is 0.278. The molecular formula is C18H19N3O5S. The van der Waals surface area contributed by atoms with Crippen molar-refractivity contribution in [1.29, 1.82) is 0 Å². The van der Waals surface area contributed by atoms with Crippen molar-refractivity contribution in [2.45, 2.75) is 30.7 Å². The van der Waals surface area contributed by atoms with Gasteiger partial charge in [0.05, 0.1) is 24.5 Å². The van der Waals surface area contributed by atoms with Crippen LogP contribution in [0.4, 0.5) is 5.69 Å². The molecule has 2 N–H and O–H groups in total. The standard InChI is InChI=1S/C18H19N3O5S/c1-10(22)12-5-4-6-13(7-12)19-17(25)11(2)27-18-20-14(8-15(23)21-18)9-16(24)26-3/h4-8,11H,9H2,1-3H3,(H,19,25)(H,20,21,23)/t11-/m1/s1. The average molecular weight is 389 g/mol. The maximum Gasteiger partial charge on any atom is 0.311 e. The number of ether oxygens (including phenoxy) is 1. The number of thioether (sulfide) groups is 1. The summed E-state index contributed by atoms with van der Waals surface area (Å²) < 4.78 is 4.56. The highest BCUT2D eigenvalue weighted by Crippen LogP contribution is 2.20. The molecule has 8 nitrogen and oxygen atoms in total. The van der Waals surface area contributed by atoms with E-state index in [0.717, 1.165) is 11.8 Å². The van der Waals surface area contributed by atoms with Gasteiger partial charge in [0, 0.05) is 17.3 Å². The lowest BCUT2D eigenvalue weighted by molar-refractivity contribution is -0.139. The van der Waals surface area contributed by atoms with Gasteiger partial charge in [0.1, 0.15) is 0 Å². The van der Waals surface area contributed by atoms with Crippen LogP contribution in [0.5, 0.6) is 0 Å². The molecule has 9 heteroatoms. The van der Waals surface area contributed by atoms with Gasteiger partial charge in [-0.2, -0.15) is 0 Å². The van der Waals surface area contributed by atoms with E-state index >= 15 is 0 Å². The summed E-state index contributed by atoms with van der Waals surface area (Å²) in [6, 6.07) is 7.82. The summed E-state index contributed by atoms with van der Waals surface area (Å²) in [6.07, 6.45) is -0.133. The second-order valence-corrected chi connectivity index (χ2v) is 7.01. The maximum absolute atomic E-state index is 12.4. The number of esters is 1. The van der Waals surface area contributed by atoms with Crippen molar-refractivity contribution in [1.82, 2.24) is 9.97 Å². The Labute approximate surface area is 159 Å². The van der Waals surface area contributed by atoms with E-state index in [-0.39, 0.29) is 29.0 Å². The molecule has 0 fully saturated rings. The Morgan fingerprint density at radius 1 is 1.30 bits per heavy atom. The van der Waals surface area contributed by atoms with Gasteiger partial charge in [-0.3, -0.25) is 19.2 Å². The minimum Gasteiger partial charge on any atom is -0.469 e. The average Bonchev–Trinajstić information content (AvgIpc) is 2.61. The molecule has 0 saturated carbocycles. The van der Waals surface area contributed by atoms with Gasteiger partial charge in [0.15, 0.2) is 10.9 Å². The quantitative estimate of drug-likeness (QED) is 0.321. The number of nitrogens with one attached hydrogen (secondary N) is 2. The summed E-state index contributed by atoms with van der Waals surface area (Å²) in [5, 5.41) is 2.36. The fourth-order valence-electron chi connectivity index (χ4n) is 2.13. The first-order chi connectivity index (χ1) is 12.8. The van der Waals surface area contributed by atoms with Crippen molar-refractivity contribution in [3.05, 3.63) is 51.9 Å². The molecule has 2 rings (SSSR count). The minimum absolute atomic E-state index is 0.0993. The first-order valence-electron chi connectivity index (χ1n) is 8.04. The van der Waals surface area contributed by atoms with Crippen LogP contribution in [0.2, 0.25) is 0 Å². The van der Waals surface area contributed by atoms with Crippen molar-refractivity contribution in [2.75, 3.05) is 12.4 Å². The topological polar surface area (TPSA) is 118 Å². The minimum atomic E-state index is -0.581. The van der Waals surface area contributed by atoms with Crippen LogP contribution >= 0.6 is 11.8 Å². The number of carbonyl (C=O) groups excluding carboxylic acids is 3. The number of methoxy groups -OCH3 is 1. The molecule has 1 aromatic heterocycles. The van der Waals surface area contributed by atoms with Gasteiger partial charge in [0.25, 0.3) is 5.56 Å². The Kier molecular flexibility index (Phi) is 6.89. The number of anilines is 1. The number of aromatic amines is 1. The van der Waals surface area contributed by atoms with E-state index in [1.54, 1.807) is 31.2 Å². The Morgan fingerprint density at radius 2 is 2.04 bits per heavy atom. The van der Waals surface area contributed by atoms with Gasteiger partial charge >= 0.3 is 5.97 Å². The molecule has 142 valence electrons. The zero-order valence-corrected chi connectivity index (χ0v) is 15.9. The van der Waals surface area contributed by atoms with E-state index in [1.165, 1.54) is 20.1 Å². The molecule has 2 aromatic rings. The summed E-state index contributed by atoms with van der Waals surface area (Å²) in [7, 11) is 1.25. The van der Waals surface area contributed by atoms with E-state index in [0.29, 0.717) is 11.3 Å². The number of hydrogen-bond donors (Lipinski definition) is 2. The van der Waals surface area contributed by atoms with Crippen LogP contribution < -0.4 is 10.9 Å². The molecule has 0 aliphatic rings. The van der Waals surface area contributed by atoms with E-state index in [4.69, 9.17) is 0 Å². The first kappa shape index (κ1) is 20.4. The number of rotatable bonds is 7. The zero-order chi connectivity index (χ0) is 20.0. The molecule has 0 bridgehead atoms. The molecular weight excluding hydrogens is 370 g/mol. The first-order valence-corrected chi connectivity index (χ1v) is 8.92. The second-order valence-electron chi connectivity index (χ2n) is 5.68. The highest BCUT2D eigenvalue weighted by molar-refractivity contribution is 8.00. The number of ketones is 1. The van der Waals surface area contributed by atoms with Gasteiger partial charge in [0.2, 0.25) is 5.91 Å². The molecule has 1 amide bonds. The van der Waals surface area contributed by atoms with Crippen molar-refractivity contribution in [3.8, 4) is 0 Å². The molecule has 0 spiro atoms. The summed E-state index contributed by atoms with van der Waals surface area (Å²) in [5.41, 5.74) is 0.832. The van der Waals surface area contributed by atoms with Gasteiger partial charge in [-0.1, -0.05) is 23.9 Å². The van der Waals surface area contributed by atoms with Gasteiger partial charge < -0.3 is 15.0 Å². The van der Waals surface area contributed by atoms with Crippen LogP contribution in [-0.2, 0) is 20.7 Å². The normalized spacial score (nSPS) is 11.5. The Morgan fingerprint density at radius 3 is 2.70 bits per heavy atom. The highest BCUT2D eigenvalue weighted by atomic mass is 32.2. The number of H-pyrrole nitrogens is 1. The lowest BCUT2D eigenvalue weighted by atomic mass is 10.1. The molecule has 1 heterocycles. The Bertz CT molecular complexity index is 925. The van der Waals surface area contributed by atoms with Crippen LogP contribution in [0.25, 0.3) is 0 Å². The van der Waals surface area contributed by atoms with Gasteiger partial charge in [-0.05, 0) is 26.0 Å². The number of nitrogens with zero attached hydrogens (tertiary/aromatic N) is 1. The summed E-state index contributed by atoms with van der Waals surface area (Å²) >= 11 is 1.05. The molecule has 27 heavy (non-hydrogen) atoms. The van der Waals surface area contributed by atoms with Crippen LogP contribution in [0.1, 0.15) is 29.9 Å². The van der Waals surface area contributed by atoms with E-state index in [2.05, 4.69) is 20.0 Å². The Hall–Kier alpha value is -2.94. The maximum atomic E-state index is 12.4. The monoisotopic (exact) mass is 389 g/mol. The molecule has 0 unspecified atom stereocenters. The number of Topliss-reactive ketones (excluding diaryl/α,β-unsaturated/α-hetero) is 1. The van der Waals surface area contributed by atoms with E-state index in [1.807, 2.05) is 0 Å². The third-order valence-corrected chi connectivity index (χ3v) is 4.50. The van der Waals surface area contributed by atoms with Crippen molar-refractivity contribution >= 4 is 35.1 Å². The Balaban J connectivity index is 2.08. The molecule has 0 aliphatic heterocycles. The molecule has 1 aromatic carbocycles. The fourth-order valence-corrected chi connectivity index (χ4v) is 2.96.